The van der Waals surface area contributed by atoms with Crippen molar-refractivity contribution in [2.24, 2.45) is 0 Å². The maximum absolute atomic E-state index is 10.6. The maximum Gasteiger partial charge on any atom is 0.0933 e. The molecule has 2 N–H and O–H groups in total. The molecule has 2 heteroatoms. The molecule has 0 aromatic heterocycles. The summed E-state index contributed by atoms with van der Waals surface area (Å²) in [5.74, 6) is 0. The van der Waals surface area contributed by atoms with Crippen molar-refractivity contribution in [2.75, 3.05) is 0 Å². The van der Waals surface area contributed by atoms with Crippen LogP contribution in [0.2, 0.25) is 0 Å². The van der Waals surface area contributed by atoms with Crippen molar-refractivity contribution in [1.29, 1.82) is 0 Å². The second kappa shape index (κ2) is 4.79. The van der Waals surface area contributed by atoms with Gasteiger partial charge in [-0.3, -0.25) is 0 Å². The van der Waals surface area contributed by atoms with E-state index >= 15 is 0 Å². The topological polar surface area (TPSA) is 40.5 Å². The van der Waals surface area contributed by atoms with Crippen LogP contribution in [-0.4, -0.2) is 21.4 Å². The molecule has 0 aliphatic heterocycles. The quantitative estimate of drug-likeness (QED) is 0.844. The molecular weight excluding hydrogens is 212 g/mol. The van der Waals surface area contributed by atoms with Gasteiger partial charge in [-0.1, -0.05) is 43.2 Å². The molecule has 1 aromatic carbocycles. The molecule has 94 valence electrons. The molecular formula is C15H22O2. The van der Waals surface area contributed by atoms with Gasteiger partial charge in [0.05, 0.1) is 11.2 Å². The van der Waals surface area contributed by atoms with Crippen LogP contribution in [0.25, 0.3) is 0 Å². The van der Waals surface area contributed by atoms with Crippen molar-refractivity contribution in [1.82, 2.24) is 0 Å². The van der Waals surface area contributed by atoms with Gasteiger partial charge in [0.1, 0.15) is 0 Å². The predicted molar refractivity (Wildman–Crippen MR) is 68.8 cm³/mol. The number of aliphatic hydroxyl groups is 2. The van der Waals surface area contributed by atoms with E-state index in [1.54, 1.807) is 6.92 Å². The Bertz CT molecular complexity index is 358. The molecule has 0 radical (unpaired) electrons. The smallest absolute Gasteiger partial charge is 0.0933 e. The van der Waals surface area contributed by atoms with Gasteiger partial charge in [-0.25, -0.2) is 0 Å². The van der Waals surface area contributed by atoms with E-state index in [1.165, 1.54) is 5.56 Å². The minimum Gasteiger partial charge on any atom is -0.387 e. The van der Waals surface area contributed by atoms with E-state index in [1.807, 2.05) is 18.2 Å². The Labute approximate surface area is 103 Å². The molecule has 0 saturated heterocycles. The van der Waals surface area contributed by atoms with E-state index in [-0.39, 0.29) is 0 Å². The number of hydrogen-bond donors (Lipinski definition) is 2. The van der Waals surface area contributed by atoms with Crippen molar-refractivity contribution in [3.8, 4) is 0 Å². The second-order valence-electron chi connectivity index (χ2n) is 5.50. The summed E-state index contributed by atoms with van der Waals surface area (Å²) in [5, 5.41) is 20.9. The van der Waals surface area contributed by atoms with Crippen LogP contribution in [-0.2, 0) is 6.42 Å². The highest BCUT2D eigenvalue weighted by molar-refractivity contribution is 5.16. The molecule has 0 unspecified atom stereocenters. The highest BCUT2D eigenvalue weighted by atomic mass is 16.4. The number of aryl methyl sites for hydroxylation is 1. The highest BCUT2D eigenvalue weighted by Gasteiger charge is 2.46. The molecule has 2 atom stereocenters. The zero-order valence-electron chi connectivity index (χ0n) is 10.5. The number of benzene rings is 1. The molecule has 1 aliphatic carbocycles. The SMILES string of the molecule is C[C@@]1(O)CCCC[C@]1(O)CCc1ccccc1. The van der Waals surface area contributed by atoms with Gasteiger partial charge in [0, 0.05) is 0 Å². The third-order valence-electron chi connectivity index (χ3n) is 4.18. The minimum absolute atomic E-state index is 0.643. The standard InChI is InChI=1S/C15H22O2/c1-14(16)10-5-6-11-15(14,17)12-9-13-7-3-2-4-8-13/h2-4,7-8,16-17H,5-6,9-12H2,1H3/t14-,15+/m1/s1. The third-order valence-corrected chi connectivity index (χ3v) is 4.18. The number of rotatable bonds is 3. The minimum atomic E-state index is -0.931. The predicted octanol–water partition coefficient (Wildman–Crippen LogP) is 2.68. The molecule has 0 heterocycles. The Morgan fingerprint density at radius 2 is 1.71 bits per heavy atom. The zero-order valence-corrected chi connectivity index (χ0v) is 10.5. The summed E-state index contributed by atoms with van der Waals surface area (Å²) in [6.07, 6.45) is 4.92. The van der Waals surface area contributed by atoms with Crippen LogP contribution in [0.15, 0.2) is 30.3 Å². The van der Waals surface area contributed by atoms with Crippen molar-refractivity contribution in [2.45, 2.75) is 56.7 Å². The monoisotopic (exact) mass is 234 g/mol. The summed E-state index contributed by atoms with van der Waals surface area (Å²) in [5.41, 5.74) is -0.622. The summed E-state index contributed by atoms with van der Waals surface area (Å²) < 4.78 is 0. The van der Waals surface area contributed by atoms with Crippen LogP contribution < -0.4 is 0 Å². The highest BCUT2D eigenvalue weighted by Crippen LogP contribution is 2.39. The molecule has 2 rings (SSSR count). The molecule has 0 bridgehead atoms. The molecule has 1 fully saturated rings. The summed E-state index contributed by atoms with van der Waals surface area (Å²) >= 11 is 0. The van der Waals surface area contributed by atoms with Crippen molar-refractivity contribution >= 4 is 0 Å². The average molecular weight is 234 g/mol. The van der Waals surface area contributed by atoms with Crippen LogP contribution in [0.5, 0.6) is 0 Å². The summed E-state index contributed by atoms with van der Waals surface area (Å²) in [4.78, 5) is 0. The van der Waals surface area contributed by atoms with E-state index in [2.05, 4.69) is 12.1 Å². The van der Waals surface area contributed by atoms with Gasteiger partial charge >= 0.3 is 0 Å². The Morgan fingerprint density at radius 3 is 2.35 bits per heavy atom. The lowest BCUT2D eigenvalue weighted by molar-refractivity contribution is -0.168. The Morgan fingerprint density at radius 1 is 1.06 bits per heavy atom. The van der Waals surface area contributed by atoms with Gasteiger partial charge < -0.3 is 10.2 Å². The van der Waals surface area contributed by atoms with Gasteiger partial charge in [0.15, 0.2) is 0 Å². The Balaban J connectivity index is 2.02. The van der Waals surface area contributed by atoms with Crippen molar-refractivity contribution < 1.29 is 10.2 Å². The van der Waals surface area contributed by atoms with Crippen LogP contribution in [0.4, 0.5) is 0 Å². The first-order valence-corrected chi connectivity index (χ1v) is 6.52. The first kappa shape index (κ1) is 12.6. The van der Waals surface area contributed by atoms with E-state index < -0.39 is 11.2 Å². The van der Waals surface area contributed by atoms with Gasteiger partial charge in [0.2, 0.25) is 0 Å². The van der Waals surface area contributed by atoms with Crippen LogP contribution >= 0.6 is 0 Å². The molecule has 17 heavy (non-hydrogen) atoms. The van der Waals surface area contributed by atoms with Gasteiger partial charge in [-0.05, 0) is 38.2 Å². The molecule has 0 amide bonds. The van der Waals surface area contributed by atoms with Crippen LogP contribution in [0.1, 0.15) is 44.6 Å². The van der Waals surface area contributed by atoms with Crippen LogP contribution in [0, 0.1) is 0 Å². The maximum atomic E-state index is 10.6. The summed E-state index contributed by atoms with van der Waals surface area (Å²) in [7, 11) is 0. The number of hydrogen-bond acceptors (Lipinski definition) is 2. The lowest BCUT2D eigenvalue weighted by atomic mass is 9.70. The largest absolute Gasteiger partial charge is 0.387 e. The first-order valence-electron chi connectivity index (χ1n) is 6.52. The summed E-state index contributed by atoms with van der Waals surface area (Å²) in [6.45, 7) is 1.77. The molecule has 1 aliphatic rings. The fourth-order valence-electron chi connectivity index (χ4n) is 2.78. The fourth-order valence-corrected chi connectivity index (χ4v) is 2.78. The third kappa shape index (κ3) is 2.70. The average Bonchev–Trinajstić information content (AvgIpc) is 2.32. The lowest BCUT2D eigenvalue weighted by Gasteiger charge is -2.45. The van der Waals surface area contributed by atoms with E-state index in [9.17, 15) is 10.2 Å². The summed E-state index contributed by atoms with van der Waals surface area (Å²) in [6, 6.07) is 10.2. The molecule has 0 spiro atoms. The van der Waals surface area contributed by atoms with Crippen molar-refractivity contribution in [3.05, 3.63) is 35.9 Å². The molecule has 1 saturated carbocycles. The first-order chi connectivity index (χ1) is 8.04. The fraction of sp³-hybridized carbons (Fsp3) is 0.600. The van der Waals surface area contributed by atoms with Gasteiger partial charge in [-0.2, -0.15) is 0 Å². The molecule has 1 aromatic rings. The lowest BCUT2D eigenvalue weighted by Crippen LogP contribution is -2.54. The normalized spacial score (nSPS) is 33.6. The van der Waals surface area contributed by atoms with E-state index in [0.29, 0.717) is 19.3 Å². The van der Waals surface area contributed by atoms with E-state index in [0.717, 1.165) is 19.3 Å². The van der Waals surface area contributed by atoms with Crippen molar-refractivity contribution in [3.63, 3.8) is 0 Å². The zero-order chi connectivity index (χ0) is 12.4. The Hall–Kier alpha value is -0.860. The molecule has 2 nitrogen and oxygen atoms in total. The van der Waals surface area contributed by atoms with Gasteiger partial charge in [-0.15, -0.1) is 0 Å². The second-order valence-corrected chi connectivity index (χ2v) is 5.50. The van der Waals surface area contributed by atoms with E-state index in [4.69, 9.17) is 0 Å². The van der Waals surface area contributed by atoms with Crippen LogP contribution in [0.3, 0.4) is 0 Å². The Kier molecular flexibility index (Phi) is 3.55. The van der Waals surface area contributed by atoms with Gasteiger partial charge in [0.25, 0.3) is 0 Å².